The summed E-state index contributed by atoms with van der Waals surface area (Å²) >= 11 is 0. The number of anilines is 1. The molecule has 4 rings (SSSR count). The number of nitrogens with one attached hydrogen (secondary N) is 1. The number of sulfonamides is 1. The van der Waals surface area contributed by atoms with Gasteiger partial charge in [-0.25, -0.2) is 13.1 Å². The van der Waals surface area contributed by atoms with Gasteiger partial charge in [-0.1, -0.05) is 29.8 Å². The zero-order valence-corrected chi connectivity index (χ0v) is 15.8. The highest BCUT2D eigenvalue weighted by atomic mass is 32.2. The molecule has 1 heterocycles. The van der Waals surface area contributed by atoms with Crippen LogP contribution in [0, 0.1) is 6.92 Å². The van der Waals surface area contributed by atoms with E-state index in [1.165, 1.54) is 18.1 Å². The fourth-order valence-corrected chi connectivity index (χ4v) is 5.25. The number of rotatable bonds is 3. The maximum absolute atomic E-state index is 12.9. The number of carbonyl (C=O) groups is 1. The van der Waals surface area contributed by atoms with Crippen LogP contribution in [0.4, 0.5) is 5.69 Å². The number of amides is 1. The van der Waals surface area contributed by atoms with Gasteiger partial charge >= 0.3 is 0 Å². The molecule has 1 amide bonds. The molecule has 0 aromatic heterocycles. The minimum atomic E-state index is -3.66. The van der Waals surface area contributed by atoms with Crippen molar-refractivity contribution in [3.63, 3.8) is 0 Å². The first-order valence-electron chi connectivity index (χ1n) is 8.88. The molecular formula is C20H22N2O3S. The van der Waals surface area contributed by atoms with Crippen molar-refractivity contribution in [2.24, 2.45) is 0 Å². The molecule has 0 saturated heterocycles. The molecule has 0 spiro atoms. The molecule has 1 N–H and O–H groups in total. The lowest BCUT2D eigenvalue weighted by Crippen LogP contribution is -2.28. The lowest BCUT2D eigenvalue weighted by atomic mass is 10.1. The predicted molar refractivity (Wildman–Crippen MR) is 101 cm³/mol. The molecule has 0 bridgehead atoms. The summed E-state index contributed by atoms with van der Waals surface area (Å²) in [6.07, 6.45) is 2.41. The lowest BCUT2D eigenvalue weighted by Gasteiger charge is -2.18. The van der Waals surface area contributed by atoms with Crippen LogP contribution in [0.15, 0.2) is 41.3 Å². The van der Waals surface area contributed by atoms with E-state index in [9.17, 15) is 13.2 Å². The summed E-state index contributed by atoms with van der Waals surface area (Å²) in [5, 5.41) is 0. The van der Waals surface area contributed by atoms with Crippen molar-refractivity contribution in [3.8, 4) is 0 Å². The van der Waals surface area contributed by atoms with Crippen molar-refractivity contribution >= 4 is 21.6 Å². The highest BCUT2D eigenvalue weighted by Gasteiger charge is 2.29. The fourth-order valence-electron chi connectivity index (χ4n) is 3.98. The van der Waals surface area contributed by atoms with Crippen molar-refractivity contribution in [2.75, 3.05) is 11.4 Å². The van der Waals surface area contributed by atoms with Gasteiger partial charge in [0.05, 0.1) is 4.90 Å². The van der Waals surface area contributed by atoms with Gasteiger partial charge in [0, 0.05) is 25.2 Å². The Bertz CT molecular complexity index is 998. The summed E-state index contributed by atoms with van der Waals surface area (Å²) in [5.74, 6) is -0.0636. The Morgan fingerprint density at radius 3 is 2.69 bits per heavy atom. The Hall–Kier alpha value is -2.18. The van der Waals surface area contributed by atoms with Crippen LogP contribution in [0.25, 0.3) is 0 Å². The first-order chi connectivity index (χ1) is 12.3. The van der Waals surface area contributed by atoms with Gasteiger partial charge in [-0.2, -0.15) is 0 Å². The lowest BCUT2D eigenvalue weighted by molar-refractivity contribution is -0.116. The van der Waals surface area contributed by atoms with E-state index in [4.69, 9.17) is 0 Å². The van der Waals surface area contributed by atoms with Crippen LogP contribution in [0.5, 0.6) is 0 Å². The SMILES string of the molecule is CC(=O)N1CCc2ccc(S(=O)(=O)NC3CCc4cc(C)ccc43)cc21. The number of benzene rings is 2. The molecule has 2 aliphatic rings. The Morgan fingerprint density at radius 1 is 1.12 bits per heavy atom. The Labute approximate surface area is 154 Å². The molecule has 136 valence electrons. The molecule has 1 unspecified atom stereocenters. The highest BCUT2D eigenvalue weighted by Crippen LogP contribution is 2.34. The average molecular weight is 370 g/mol. The minimum absolute atomic E-state index is 0.0636. The molecule has 5 nitrogen and oxygen atoms in total. The Balaban J connectivity index is 1.63. The van der Waals surface area contributed by atoms with Gasteiger partial charge in [-0.15, -0.1) is 0 Å². The van der Waals surface area contributed by atoms with Gasteiger partial charge in [0.25, 0.3) is 0 Å². The largest absolute Gasteiger partial charge is 0.312 e. The summed E-state index contributed by atoms with van der Waals surface area (Å²) in [5.41, 5.74) is 5.19. The number of fused-ring (bicyclic) bond motifs is 2. The predicted octanol–water partition coefficient (Wildman–Crippen LogP) is 2.87. The first kappa shape index (κ1) is 17.2. The molecular weight excluding hydrogens is 348 g/mol. The van der Waals surface area contributed by atoms with Crippen molar-refractivity contribution in [3.05, 3.63) is 58.7 Å². The van der Waals surface area contributed by atoms with E-state index in [1.54, 1.807) is 17.0 Å². The van der Waals surface area contributed by atoms with Gasteiger partial charge in [-0.05, 0) is 55.0 Å². The summed E-state index contributed by atoms with van der Waals surface area (Å²) in [6.45, 7) is 4.16. The topological polar surface area (TPSA) is 66.5 Å². The smallest absolute Gasteiger partial charge is 0.241 e. The van der Waals surface area contributed by atoms with Crippen LogP contribution < -0.4 is 9.62 Å². The van der Waals surface area contributed by atoms with Gasteiger partial charge in [0.15, 0.2) is 0 Å². The molecule has 0 radical (unpaired) electrons. The molecule has 0 saturated carbocycles. The highest BCUT2D eigenvalue weighted by molar-refractivity contribution is 7.89. The van der Waals surface area contributed by atoms with Gasteiger partial charge in [0.2, 0.25) is 15.9 Å². The molecule has 6 heteroatoms. The van der Waals surface area contributed by atoms with E-state index in [1.807, 2.05) is 25.1 Å². The number of nitrogens with zero attached hydrogens (tertiary/aromatic N) is 1. The van der Waals surface area contributed by atoms with E-state index < -0.39 is 10.0 Å². The Morgan fingerprint density at radius 2 is 1.92 bits per heavy atom. The fraction of sp³-hybridized carbons (Fsp3) is 0.350. The van der Waals surface area contributed by atoms with Gasteiger partial charge < -0.3 is 4.90 Å². The zero-order chi connectivity index (χ0) is 18.5. The van der Waals surface area contributed by atoms with Gasteiger partial charge in [-0.3, -0.25) is 4.79 Å². The Kier molecular flexibility index (Phi) is 4.12. The molecule has 26 heavy (non-hydrogen) atoms. The van der Waals surface area contributed by atoms with Crippen LogP contribution in [-0.2, 0) is 27.7 Å². The van der Waals surface area contributed by atoms with Crippen LogP contribution in [0.1, 0.15) is 41.6 Å². The average Bonchev–Trinajstić information content (AvgIpc) is 3.18. The van der Waals surface area contributed by atoms with E-state index in [0.717, 1.165) is 30.4 Å². The quantitative estimate of drug-likeness (QED) is 0.903. The summed E-state index contributed by atoms with van der Waals surface area (Å²) in [6, 6.07) is 11.0. The van der Waals surface area contributed by atoms with Crippen LogP contribution >= 0.6 is 0 Å². The summed E-state index contributed by atoms with van der Waals surface area (Å²) < 4.78 is 28.7. The van der Waals surface area contributed by atoms with Crippen molar-refractivity contribution in [1.82, 2.24) is 4.72 Å². The summed E-state index contributed by atoms with van der Waals surface area (Å²) in [7, 11) is -3.66. The summed E-state index contributed by atoms with van der Waals surface area (Å²) in [4.78, 5) is 13.6. The van der Waals surface area contributed by atoms with E-state index in [0.29, 0.717) is 12.2 Å². The van der Waals surface area contributed by atoms with Crippen molar-refractivity contribution in [1.29, 1.82) is 0 Å². The third-order valence-corrected chi connectivity index (χ3v) is 6.79. The number of hydrogen-bond donors (Lipinski definition) is 1. The van der Waals surface area contributed by atoms with Crippen molar-refractivity contribution < 1.29 is 13.2 Å². The second-order valence-corrected chi connectivity index (χ2v) is 8.84. The zero-order valence-electron chi connectivity index (χ0n) is 15.0. The van der Waals surface area contributed by atoms with E-state index >= 15 is 0 Å². The number of hydrogen-bond acceptors (Lipinski definition) is 3. The monoisotopic (exact) mass is 370 g/mol. The van der Waals surface area contributed by atoms with E-state index in [2.05, 4.69) is 10.8 Å². The van der Waals surface area contributed by atoms with Crippen LogP contribution in [-0.4, -0.2) is 20.9 Å². The molecule has 2 aromatic carbocycles. The second kappa shape index (κ2) is 6.21. The third kappa shape index (κ3) is 2.93. The maximum atomic E-state index is 12.9. The first-order valence-corrected chi connectivity index (χ1v) is 10.4. The van der Waals surface area contributed by atoms with Crippen molar-refractivity contribution in [2.45, 2.75) is 44.0 Å². The molecule has 2 aromatic rings. The van der Waals surface area contributed by atoms with Crippen LogP contribution in [0.2, 0.25) is 0 Å². The third-order valence-electron chi connectivity index (χ3n) is 5.32. The van der Waals surface area contributed by atoms with Gasteiger partial charge in [0.1, 0.15) is 0 Å². The minimum Gasteiger partial charge on any atom is -0.312 e. The van der Waals surface area contributed by atoms with E-state index in [-0.39, 0.29) is 16.8 Å². The normalized spacial score (nSPS) is 18.7. The van der Waals surface area contributed by atoms with Crippen LogP contribution in [0.3, 0.4) is 0 Å². The maximum Gasteiger partial charge on any atom is 0.241 e. The standard InChI is InChI=1S/C20H22N2O3S/c1-13-3-7-18-16(11-13)5-8-19(18)21-26(24,25)17-6-4-15-9-10-22(14(2)23)20(15)12-17/h3-4,6-7,11-12,19,21H,5,8-10H2,1-2H3. The molecule has 1 atom stereocenters. The second-order valence-electron chi connectivity index (χ2n) is 7.13. The number of aryl methyl sites for hydroxylation is 2. The molecule has 1 aliphatic heterocycles. The molecule has 1 aliphatic carbocycles. The molecule has 0 fully saturated rings. The number of carbonyl (C=O) groups excluding carboxylic acids is 1.